The van der Waals surface area contributed by atoms with Crippen LogP contribution in [-0.4, -0.2) is 105 Å². The summed E-state index contributed by atoms with van der Waals surface area (Å²) in [7, 11) is 0. The van der Waals surface area contributed by atoms with Gasteiger partial charge in [0, 0.05) is 74.3 Å². The summed E-state index contributed by atoms with van der Waals surface area (Å²) >= 11 is 4.81. The predicted molar refractivity (Wildman–Crippen MR) is 194 cm³/mol. The molecule has 56 heavy (non-hydrogen) atoms. The fourth-order valence-electron chi connectivity index (χ4n) is 6.72. The van der Waals surface area contributed by atoms with Gasteiger partial charge < -0.3 is 24.6 Å². The monoisotopic (exact) mass is 790 g/mol. The van der Waals surface area contributed by atoms with E-state index in [2.05, 4.69) is 30.6 Å². The maximum absolute atomic E-state index is 13.3. The molecule has 7 rings (SSSR count). The standard InChI is InChI=1S/C37H33ClF2N8O8/c38-37(39,40)56-23-8-6-22(7-9-23)43-33(51)21-19-25(26-12-13-42-45-26)32(41-20-21)47-16-14-46(15-17-47)30(50)5-2-18-55-28-4-1-3-24-31(28)36(54)48(35(24)53)27-10-11-29(49)44-34(27)52/h1,3-4,6-9,12-13,19-20,27H,2,5,10-11,14-18H2,(H,42,45)(H,43,51)(H,44,49,52). The number of H-pyrrole nitrogens is 1. The number of imide groups is 2. The number of ether oxygens (including phenoxy) is 2. The molecule has 2 saturated heterocycles. The molecule has 0 spiro atoms. The summed E-state index contributed by atoms with van der Waals surface area (Å²) in [6, 6.07) is 12.2. The predicted octanol–water partition coefficient (Wildman–Crippen LogP) is 3.80. The van der Waals surface area contributed by atoms with Gasteiger partial charge in [-0.1, -0.05) is 6.07 Å². The van der Waals surface area contributed by atoms with Gasteiger partial charge in [-0.05, 0) is 61.4 Å². The lowest BCUT2D eigenvalue weighted by molar-refractivity contribution is -0.136. The third kappa shape index (κ3) is 8.14. The second-order valence-electron chi connectivity index (χ2n) is 13.0. The number of benzene rings is 2. The highest BCUT2D eigenvalue weighted by atomic mass is 35.5. The minimum Gasteiger partial charge on any atom is -0.493 e. The lowest BCUT2D eigenvalue weighted by Gasteiger charge is -2.36. The molecular weight excluding hydrogens is 758 g/mol. The Morgan fingerprint density at radius 3 is 2.45 bits per heavy atom. The molecule has 6 amide bonds. The summed E-state index contributed by atoms with van der Waals surface area (Å²) in [4.78, 5) is 86.0. The summed E-state index contributed by atoms with van der Waals surface area (Å²) in [5, 5.41) is 11.8. The summed E-state index contributed by atoms with van der Waals surface area (Å²) in [6.07, 6.45) is 3.54. The Bertz CT molecular complexity index is 2190. The number of nitrogens with zero attached hydrogens (tertiary/aromatic N) is 5. The Morgan fingerprint density at radius 1 is 0.982 bits per heavy atom. The number of pyridine rings is 1. The van der Waals surface area contributed by atoms with Crippen molar-refractivity contribution < 1.29 is 47.0 Å². The number of hydrogen-bond acceptors (Lipinski definition) is 11. The zero-order valence-corrected chi connectivity index (χ0v) is 30.2. The number of hydrogen-bond donors (Lipinski definition) is 3. The molecular formula is C37H33ClF2N8O8. The molecule has 5 heterocycles. The van der Waals surface area contributed by atoms with E-state index in [1.54, 1.807) is 35.4 Å². The van der Waals surface area contributed by atoms with Crippen LogP contribution in [0.1, 0.15) is 56.8 Å². The number of piperidine rings is 1. The molecule has 3 N–H and O–H groups in total. The second kappa shape index (κ2) is 15.7. The van der Waals surface area contributed by atoms with Crippen molar-refractivity contribution in [2.45, 2.75) is 37.3 Å². The quantitative estimate of drug-likeness (QED) is 0.107. The number of alkyl halides is 3. The van der Waals surface area contributed by atoms with E-state index in [1.807, 2.05) is 4.90 Å². The Labute approximate surface area is 322 Å². The van der Waals surface area contributed by atoms with Crippen LogP contribution in [0.25, 0.3) is 11.3 Å². The van der Waals surface area contributed by atoms with Crippen LogP contribution < -0.4 is 25.0 Å². The van der Waals surface area contributed by atoms with Crippen molar-refractivity contribution in [1.82, 2.24) is 30.3 Å². The van der Waals surface area contributed by atoms with Crippen molar-refractivity contribution in [1.29, 1.82) is 0 Å². The van der Waals surface area contributed by atoms with Crippen molar-refractivity contribution in [3.05, 3.63) is 83.7 Å². The number of halogens is 3. The molecule has 0 aliphatic carbocycles. The van der Waals surface area contributed by atoms with E-state index in [4.69, 9.17) is 16.3 Å². The van der Waals surface area contributed by atoms with E-state index >= 15 is 0 Å². The van der Waals surface area contributed by atoms with Gasteiger partial charge in [0.15, 0.2) is 0 Å². The molecule has 290 valence electrons. The average Bonchev–Trinajstić information content (AvgIpc) is 3.80. The largest absolute Gasteiger partial charge is 0.493 e. The molecule has 0 radical (unpaired) electrons. The molecule has 3 aliphatic rings. The van der Waals surface area contributed by atoms with E-state index < -0.39 is 41.1 Å². The van der Waals surface area contributed by atoms with E-state index in [0.717, 1.165) is 4.90 Å². The van der Waals surface area contributed by atoms with Crippen molar-refractivity contribution in [2.75, 3.05) is 43.0 Å². The summed E-state index contributed by atoms with van der Waals surface area (Å²) in [5.74, 6) is -2.49. The number of fused-ring (bicyclic) bond motifs is 1. The molecule has 2 aromatic carbocycles. The zero-order valence-electron chi connectivity index (χ0n) is 29.4. The van der Waals surface area contributed by atoms with E-state index in [9.17, 15) is 37.5 Å². The number of aromatic nitrogens is 3. The summed E-state index contributed by atoms with van der Waals surface area (Å²) in [6.45, 7) is 1.80. The number of amides is 6. The van der Waals surface area contributed by atoms with E-state index in [-0.39, 0.29) is 60.0 Å². The van der Waals surface area contributed by atoms with Crippen molar-refractivity contribution in [2.24, 2.45) is 0 Å². The highest BCUT2D eigenvalue weighted by Gasteiger charge is 2.46. The normalized spacial score (nSPS) is 17.1. The smallest absolute Gasteiger partial charge is 0.487 e. The Kier molecular flexibility index (Phi) is 10.6. The van der Waals surface area contributed by atoms with Gasteiger partial charge in [-0.15, -0.1) is 8.78 Å². The first-order valence-electron chi connectivity index (χ1n) is 17.5. The zero-order chi connectivity index (χ0) is 39.6. The lowest BCUT2D eigenvalue weighted by Crippen LogP contribution is -2.54. The molecule has 2 aromatic heterocycles. The fourth-order valence-corrected chi connectivity index (χ4v) is 6.81. The number of nitrogens with one attached hydrogen (secondary N) is 3. The van der Waals surface area contributed by atoms with Crippen molar-refractivity contribution in [3.8, 4) is 22.8 Å². The van der Waals surface area contributed by atoms with Gasteiger partial charge in [-0.25, -0.2) is 4.98 Å². The maximum atomic E-state index is 13.3. The molecule has 1 unspecified atom stereocenters. The van der Waals surface area contributed by atoms with Gasteiger partial charge in [0.25, 0.3) is 17.7 Å². The molecule has 0 bridgehead atoms. The average molecular weight is 791 g/mol. The molecule has 19 heteroatoms. The van der Waals surface area contributed by atoms with Crippen molar-refractivity contribution >= 4 is 58.5 Å². The van der Waals surface area contributed by atoms with Crippen LogP contribution in [0.2, 0.25) is 0 Å². The van der Waals surface area contributed by atoms with E-state index in [0.29, 0.717) is 55.4 Å². The molecule has 4 aromatic rings. The fraction of sp³-hybridized carbons (Fsp3) is 0.297. The van der Waals surface area contributed by atoms with Crippen LogP contribution >= 0.6 is 11.6 Å². The van der Waals surface area contributed by atoms with Crippen LogP contribution in [0.3, 0.4) is 0 Å². The van der Waals surface area contributed by atoms with Crippen molar-refractivity contribution in [3.63, 3.8) is 0 Å². The Hall–Kier alpha value is -6.43. The highest BCUT2D eigenvalue weighted by molar-refractivity contribution is 6.24. The third-order valence-corrected chi connectivity index (χ3v) is 9.50. The molecule has 3 aliphatic heterocycles. The van der Waals surface area contributed by atoms with Gasteiger partial charge in [-0.2, -0.15) is 5.10 Å². The number of carbonyl (C=O) groups excluding carboxylic acids is 6. The number of anilines is 2. The van der Waals surface area contributed by atoms with Crippen LogP contribution in [0.15, 0.2) is 67.0 Å². The maximum Gasteiger partial charge on any atom is 0.487 e. The second-order valence-corrected chi connectivity index (χ2v) is 13.5. The van der Waals surface area contributed by atoms with Gasteiger partial charge in [0.2, 0.25) is 17.7 Å². The number of aromatic amines is 1. The van der Waals surface area contributed by atoms with Gasteiger partial charge >= 0.3 is 5.57 Å². The molecule has 16 nitrogen and oxygen atoms in total. The van der Waals surface area contributed by atoms with Crippen LogP contribution in [0, 0.1) is 0 Å². The number of rotatable bonds is 12. The third-order valence-electron chi connectivity index (χ3n) is 9.42. The first-order valence-corrected chi connectivity index (χ1v) is 17.9. The van der Waals surface area contributed by atoms with Gasteiger partial charge in [0.05, 0.1) is 29.0 Å². The Morgan fingerprint density at radius 2 is 1.75 bits per heavy atom. The highest BCUT2D eigenvalue weighted by Crippen LogP contribution is 2.34. The first kappa shape index (κ1) is 37.9. The summed E-state index contributed by atoms with van der Waals surface area (Å²) < 4.78 is 36.1. The Balaban J connectivity index is 0.926. The molecule has 1 atom stereocenters. The first-order chi connectivity index (χ1) is 26.9. The minimum atomic E-state index is -3.87. The minimum absolute atomic E-state index is 0.00937. The number of carbonyl (C=O) groups is 6. The lowest BCUT2D eigenvalue weighted by atomic mass is 10.0. The van der Waals surface area contributed by atoms with Gasteiger partial charge in [-0.3, -0.25) is 44.1 Å². The molecule has 0 saturated carbocycles. The van der Waals surface area contributed by atoms with Gasteiger partial charge in [0.1, 0.15) is 23.4 Å². The molecule has 2 fully saturated rings. The SMILES string of the molecule is O=C1CCC(N2C(=O)c3cccc(OCCCC(=O)N4CCN(c5ncc(C(=O)Nc6ccc(OC(F)(F)Cl)cc6)cc5-c5ccn[nH]5)CC4)c3C2=O)C(=O)N1. The summed E-state index contributed by atoms with van der Waals surface area (Å²) in [5.41, 5.74) is -1.95. The van der Waals surface area contributed by atoms with Crippen LogP contribution in [0.4, 0.5) is 20.3 Å². The number of piperazine rings is 1. The topological polar surface area (TPSA) is 196 Å². The van der Waals surface area contributed by atoms with Crippen LogP contribution in [-0.2, 0) is 14.4 Å². The van der Waals surface area contributed by atoms with Crippen LogP contribution in [0.5, 0.6) is 11.5 Å². The van der Waals surface area contributed by atoms with E-state index in [1.165, 1.54) is 36.5 Å².